The molecular weight excluding hydrogens is 536 g/mol. The molecule has 2 fully saturated rings. The van der Waals surface area contributed by atoms with Gasteiger partial charge in [0, 0.05) is 49.9 Å². The van der Waals surface area contributed by atoms with Gasteiger partial charge in [0.25, 0.3) is 0 Å². The third-order valence-corrected chi connectivity index (χ3v) is 8.00. The molecule has 2 aromatic heterocycles. The number of nitrogens with one attached hydrogen (secondary N) is 1. The van der Waals surface area contributed by atoms with Crippen LogP contribution in [0.2, 0.25) is 0 Å². The predicted octanol–water partition coefficient (Wildman–Crippen LogP) is 3.62. The maximum absolute atomic E-state index is 12.6. The number of amides is 1. The van der Waals surface area contributed by atoms with Gasteiger partial charge in [-0.05, 0) is 51.7 Å². The van der Waals surface area contributed by atoms with Gasteiger partial charge in [-0.3, -0.25) is 9.58 Å². The number of hydrogen-bond acceptors (Lipinski definition) is 10. The van der Waals surface area contributed by atoms with Crippen molar-refractivity contribution < 1.29 is 19.4 Å². The number of nitrogen functional groups attached to an aromatic ring is 1. The summed E-state index contributed by atoms with van der Waals surface area (Å²) in [4.78, 5) is 25.8. The average Bonchev–Trinajstić information content (AvgIpc) is 3.63. The number of rotatable bonds is 11. The molecule has 1 unspecified atom stereocenters. The topological polar surface area (TPSA) is 144 Å². The van der Waals surface area contributed by atoms with Crippen LogP contribution in [0.5, 0.6) is 5.75 Å². The van der Waals surface area contributed by atoms with E-state index in [0.717, 1.165) is 54.7 Å². The molecule has 0 aliphatic carbocycles. The van der Waals surface area contributed by atoms with Crippen LogP contribution in [-0.2, 0) is 17.8 Å². The lowest BCUT2D eigenvalue weighted by Crippen LogP contribution is -2.49. The largest absolute Gasteiger partial charge is 0.496 e. The van der Waals surface area contributed by atoms with Gasteiger partial charge in [0.15, 0.2) is 5.82 Å². The number of aliphatic hydroxyl groups is 1. The molecule has 0 radical (unpaired) electrons. The van der Waals surface area contributed by atoms with Crippen LogP contribution < -0.4 is 15.8 Å². The number of piperazine rings is 1. The Morgan fingerprint density at radius 1 is 1.19 bits per heavy atom. The molecule has 12 nitrogen and oxygen atoms in total. The Kier molecular flexibility index (Phi) is 8.74. The number of carbonyl (C=O) groups is 1. The summed E-state index contributed by atoms with van der Waals surface area (Å²) in [6.45, 7) is 10.7. The Morgan fingerprint density at radius 2 is 2.00 bits per heavy atom. The van der Waals surface area contributed by atoms with Gasteiger partial charge in [-0.2, -0.15) is 10.1 Å². The van der Waals surface area contributed by atoms with Gasteiger partial charge in [0.1, 0.15) is 22.4 Å². The SMILES string of the molecule is CCCC(CCO)Nc1nc(N)nc2cnn(Cc3ccc(CN4C[C@@H]5C[C@H]4CN5C(=O)OC(C)(C)C)cc3OC)c12. The van der Waals surface area contributed by atoms with E-state index >= 15 is 0 Å². The van der Waals surface area contributed by atoms with Crippen molar-refractivity contribution in [2.45, 2.75) is 90.2 Å². The fourth-order valence-corrected chi connectivity index (χ4v) is 6.12. The first-order valence-electron chi connectivity index (χ1n) is 14.8. The monoisotopic (exact) mass is 580 g/mol. The molecule has 0 saturated carbocycles. The second-order valence-corrected chi connectivity index (χ2v) is 12.4. The summed E-state index contributed by atoms with van der Waals surface area (Å²) < 4.78 is 13.3. The molecule has 12 heteroatoms. The van der Waals surface area contributed by atoms with Crippen LogP contribution in [0.1, 0.15) is 64.5 Å². The summed E-state index contributed by atoms with van der Waals surface area (Å²) >= 11 is 0. The van der Waals surface area contributed by atoms with Gasteiger partial charge < -0.3 is 30.5 Å². The molecule has 2 saturated heterocycles. The highest BCUT2D eigenvalue weighted by Gasteiger charge is 2.46. The standard InChI is InChI=1S/C30H44N8O4/c1-6-7-21(10-11-39)33-27-26-24(34-28(31)35-27)14-32-38(26)16-20-9-8-19(12-25(20)41-5)15-36-17-23-13-22(36)18-37(23)29(40)42-30(2,3)4/h8-9,12,14,21-23,39H,6-7,10-11,13,15-18H2,1-5H3,(H3,31,33,34,35)/t21?,22-,23-/m0/s1. The summed E-state index contributed by atoms with van der Waals surface area (Å²) in [6.07, 6.45) is 4.94. The number of aromatic nitrogens is 4. The first-order chi connectivity index (χ1) is 20.1. The summed E-state index contributed by atoms with van der Waals surface area (Å²) in [7, 11) is 1.68. The molecule has 3 atom stereocenters. The Morgan fingerprint density at radius 3 is 2.67 bits per heavy atom. The molecule has 2 aliphatic rings. The molecule has 42 heavy (non-hydrogen) atoms. The number of anilines is 2. The average molecular weight is 581 g/mol. The Hall–Kier alpha value is -3.64. The predicted molar refractivity (Wildman–Crippen MR) is 161 cm³/mol. The number of benzene rings is 1. The molecule has 228 valence electrons. The lowest BCUT2D eigenvalue weighted by Gasteiger charge is -2.35. The minimum absolute atomic E-state index is 0.0618. The number of nitrogens with two attached hydrogens (primary N) is 1. The summed E-state index contributed by atoms with van der Waals surface area (Å²) in [5.74, 6) is 1.57. The Bertz CT molecular complexity index is 1400. The van der Waals surface area contributed by atoms with Crippen LogP contribution in [0.25, 0.3) is 11.0 Å². The number of fused-ring (bicyclic) bond motifs is 3. The van der Waals surface area contributed by atoms with Crippen LogP contribution in [0.4, 0.5) is 16.6 Å². The van der Waals surface area contributed by atoms with E-state index in [0.29, 0.717) is 36.9 Å². The third kappa shape index (κ3) is 6.54. The first kappa shape index (κ1) is 29.8. The maximum Gasteiger partial charge on any atom is 0.410 e. The molecule has 4 N–H and O–H groups in total. The highest BCUT2D eigenvalue weighted by atomic mass is 16.6. The molecule has 4 heterocycles. The summed E-state index contributed by atoms with van der Waals surface area (Å²) in [5.41, 5.74) is 9.07. The Balaban J connectivity index is 1.30. The van der Waals surface area contributed by atoms with E-state index in [-0.39, 0.29) is 30.7 Å². The molecule has 0 spiro atoms. The highest BCUT2D eigenvalue weighted by molar-refractivity contribution is 5.86. The molecule has 2 aliphatic heterocycles. The zero-order valence-corrected chi connectivity index (χ0v) is 25.3. The molecule has 1 aromatic carbocycles. The van der Waals surface area contributed by atoms with E-state index in [4.69, 9.17) is 15.2 Å². The second-order valence-electron chi connectivity index (χ2n) is 12.4. The lowest BCUT2D eigenvalue weighted by atomic mass is 10.1. The fraction of sp³-hybridized carbons (Fsp3) is 0.600. The zero-order chi connectivity index (χ0) is 30.0. The van der Waals surface area contributed by atoms with Gasteiger partial charge in [-0.15, -0.1) is 0 Å². The van der Waals surface area contributed by atoms with Crippen molar-refractivity contribution >= 4 is 28.9 Å². The number of nitrogens with zero attached hydrogens (tertiary/aromatic N) is 6. The van der Waals surface area contributed by atoms with Gasteiger partial charge in [-0.1, -0.05) is 25.5 Å². The summed E-state index contributed by atoms with van der Waals surface area (Å²) in [5, 5.41) is 17.6. The minimum atomic E-state index is -0.491. The Labute approximate surface area is 247 Å². The van der Waals surface area contributed by atoms with Gasteiger partial charge in [-0.25, -0.2) is 9.78 Å². The van der Waals surface area contributed by atoms with E-state index in [9.17, 15) is 9.90 Å². The highest BCUT2D eigenvalue weighted by Crippen LogP contribution is 2.34. The van der Waals surface area contributed by atoms with E-state index in [2.05, 4.69) is 50.4 Å². The van der Waals surface area contributed by atoms with Crippen molar-refractivity contribution in [1.82, 2.24) is 29.5 Å². The first-order valence-corrected chi connectivity index (χ1v) is 14.8. The number of carbonyl (C=O) groups excluding carboxylic acids is 1. The number of aliphatic hydroxyl groups excluding tert-OH is 1. The van der Waals surface area contributed by atoms with Crippen LogP contribution in [-0.4, -0.2) is 91.3 Å². The fourth-order valence-electron chi connectivity index (χ4n) is 6.12. The molecule has 3 aromatic rings. The van der Waals surface area contributed by atoms with Crippen molar-refractivity contribution in [1.29, 1.82) is 0 Å². The van der Waals surface area contributed by atoms with Crippen LogP contribution in [0, 0.1) is 0 Å². The smallest absolute Gasteiger partial charge is 0.410 e. The molecule has 2 bridgehead atoms. The van der Waals surface area contributed by atoms with E-state index in [1.54, 1.807) is 13.3 Å². The van der Waals surface area contributed by atoms with Gasteiger partial charge in [0.05, 0.1) is 19.9 Å². The van der Waals surface area contributed by atoms with Crippen molar-refractivity contribution in [3.05, 3.63) is 35.5 Å². The van der Waals surface area contributed by atoms with E-state index < -0.39 is 5.60 Å². The summed E-state index contributed by atoms with van der Waals surface area (Å²) in [6, 6.07) is 6.88. The van der Waals surface area contributed by atoms with Gasteiger partial charge in [0.2, 0.25) is 5.95 Å². The molecule has 1 amide bonds. The molecule has 5 rings (SSSR count). The number of hydrogen-bond donors (Lipinski definition) is 3. The van der Waals surface area contributed by atoms with Crippen molar-refractivity contribution in [3.63, 3.8) is 0 Å². The maximum atomic E-state index is 12.6. The van der Waals surface area contributed by atoms with Crippen LogP contribution in [0.15, 0.2) is 24.4 Å². The van der Waals surface area contributed by atoms with Crippen molar-refractivity contribution in [3.8, 4) is 5.75 Å². The minimum Gasteiger partial charge on any atom is -0.496 e. The number of likely N-dealkylation sites (tertiary alicyclic amines) is 2. The third-order valence-electron chi connectivity index (χ3n) is 8.00. The zero-order valence-electron chi connectivity index (χ0n) is 25.3. The normalized spacial score (nSPS) is 19.4. The molecular formula is C30H44N8O4. The van der Waals surface area contributed by atoms with Crippen molar-refractivity contribution in [2.24, 2.45) is 0 Å². The van der Waals surface area contributed by atoms with Gasteiger partial charge >= 0.3 is 6.09 Å². The number of ether oxygens (including phenoxy) is 2. The van der Waals surface area contributed by atoms with E-state index in [1.807, 2.05) is 30.4 Å². The lowest BCUT2D eigenvalue weighted by molar-refractivity contribution is 0.0124. The van der Waals surface area contributed by atoms with Crippen molar-refractivity contribution in [2.75, 3.05) is 37.9 Å². The quantitative estimate of drug-likeness (QED) is 0.308. The van der Waals surface area contributed by atoms with E-state index in [1.165, 1.54) is 0 Å². The van der Waals surface area contributed by atoms with Crippen LogP contribution in [0.3, 0.4) is 0 Å². The second kappa shape index (κ2) is 12.3. The number of methoxy groups -OCH3 is 1. The van der Waals surface area contributed by atoms with Crippen LogP contribution >= 0.6 is 0 Å².